The Morgan fingerprint density at radius 2 is 1.57 bits per heavy atom. The van der Waals surface area contributed by atoms with Crippen molar-refractivity contribution in [2.24, 2.45) is 5.92 Å². The third-order valence-corrected chi connectivity index (χ3v) is 4.64. The Bertz CT molecular complexity index is 865. The van der Waals surface area contributed by atoms with E-state index in [1.807, 2.05) is 0 Å². The highest BCUT2D eigenvalue weighted by Gasteiger charge is 2.29. The van der Waals surface area contributed by atoms with Crippen LogP contribution in [0, 0.1) is 11.7 Å². The normalized spacial score (nSPS) is 16.4. The van der Waals surface area contributed by atoms with E-state index in [0.717, 1.165) is 6.42 Å². The van der Waals surface area contributed by atoms with Gasteiger partial charge in [0.25, 0.3) is 5.91 Å². The van der Waals surface area contributed by atoms with Crippen LogP contribution >= 0.6 is 0 Å². The number of piperidine rings is 1. The largest absolute Gasteiger partial charge is 0.338 e. The van der Waals surface area contributed by atoms with Gasteiger partial charge < -0.3 is 15.5 Å². The number of amides is 3. The summed E-state index contributed by atoms with van der Waals surface area (Å²) in [5.74, 6) is -1.21. The van der Waals surface area contributed by atoms with Crippen LogP contribution in [-0.2, 0) is 9.59 Å². The fourth-order valence-electron chi connectivity index (χ4n) is 3.24. The van der Waals surface area contributed by atoms with Crippen LogP contribution in [0.25, 0.3) is 0 Å². The topological polar surface area (TPSA) is 78.5 Å². The maximum absolute atomic E-state index is 13.1. The number of benzene rings is 2. The second-order valence-corrected chi connectivity index (χ2v) is 6.85. The summed E-state index contributed by atoms with van der Waals surface area (Å²) in [6, 6.07) is 12.3. The van der Waals surface area contributed by atoms with Gasteiger partial charge >= 0.3 is 0 Å². The molecule has 2 aromatic carbocycles. The average Bonchev–Trinajstić information content (AvgIpc) is 2.69. The number of carbonyl (C=O) groups is 3. The zero-order chi connectivity index (χ0) is 20.1. The van der Waals surface area contributed by atoms with Gasteiger partial charge in [-0.05, 0) is 61.4 Å². The third-order valence-electron chi connectivity index (χ3n) is 4.64. The van der Waals surface area contributed by atoms with E-state index in [2.05, 4.69) is 10.6 Å². The third kappa shape index (κ3) is 4.94. The maximum atomic E-state index is 13.1. The minimum atomic E-state index is -0.392. The molecule has 146 valence electrons. The number of hydrogen-bond donors (Lipinski definition) is 2. The van der Waals surface area contributed by atoms with E-state index in [9.17, 15) is 18.8 Å². The van der Waals surface area contributed by atoms with Gasteiger partial charge in [-0.15, -0.1) is 0 Å². The summed E-state index contributed by atoms with van der Waals surface area (Å²) in [6.07, 6.45) is 1.43. The van der Waals surface area contributed by atoms with E-state index >= 15 is 0 Å². The van der Waals surface area contributed by atoms with Crippen LogP contribution in [0.15, 0.2) is 48.5 Å². The number of rotatable bonds is 4. The predicted octanol–water partition coefficient (Wildman–Crippen LogP) is 3.28. The highest BCUT2D eigenvalue weighted by atomic mass is 19.1. The van der Waals surface area contributed by atoms with Gasteiger partial charge in [0.1, 0.15) is 5.82 Å². The van der Waals surface area contributed by atoms with Crippen LogP contribution in [0.1, 0.15) is 30.1 Å². The Kier molecular flexibility index (Phi) is 6.03. The second kappa shape index (κ2) is 8.65. The highest BCUT2D eigenvalue weighted by Crippen LogP contribution is 2.21. The van der Waals surface area contributed by atoms with E-state index < -0.39 is 5.82 Å². The summed E-state index contributed by atoms with van der Waals surface area (Å²) >= 11 is 0. The average molecular weight is 383 g/mol. The van der Waals surface area contributed by atoms with Crippen molar-refractivity contribution in [3.8, 4) is 0 Å². The first-order chi connectivity index (χ1) is 13.4. The quantitative estimate of drug-likeness (QED) is 0.851. The Hall–Kier alpha value is -3.22. The molecular formula is C21H22FN3O3. The molecule has 0 aliphatic carbocycles. The summed E-state index contributed by atoms with van der Waals surface area (Å²) in [6.45, 7) is 2.33. The Morgan fingerprint density at radius 1 is 0.964 bits per heavy atom. The molecule has 7 heteroatoms. The van der Waals surface area contributed by atoms with Crippen molar-refractivity contribution in [3.05, 3.63) is 59.9 Å². The number of anilines is 2. The minimum absolute atomic E-state index is 0.149. The molecule has 0 radical (unpaired) electrons. The molecule has 3 rings (SSSR count). The van der Waals surface area contributed by atoms with E-state index in [4.69, 9.17) is 0 Å². The van der Waals surface area contributed by atoms with E-state index in [0.29, 0.717) is 36.4 Å². The molecule has 0 bridgehead atoms. The fraction of sp³-hybridized carbons (Fsp3) is 0.286. The van der Waals surface area contributed by atoms with Crippen LogP contribution in [0.4, 0.5) is 15.8 Å². The number of likely N-dealkylation sites (tertiary alicyclic amines) is 1. The van der Waals surface area contributed by atoms with Gasteiger partial charge in [-0.1, -0.05) is 0 Å². The van der Waals surface area contributed by atoms with Crippen LogP contribution in [-0.4, -0.2) is 35.7 Å². The molecule has 2 N–H and O–H groups in total. The van der Waals surface area contributed by atoms with Gasteiger partial charge in [0.05, 0.1) is 5.92 Å². The van der Waals surface area contributed by atoms with Crippen molar-refractivity contribution in [2.75, 3.05) is 23.7 Å². The number of nitrogens with zero attached hydrogens (tertiary/aromatic N) is 1. The summed E-state index contributed by atoms with van der Waals surface area (Å²) in [5, 5.41) is 5.53. The van der Waals surface area contributed by atoms with Crippen LogP contribution in [0.3, 0.4) is 0 Å². The molecule has 2 aromatic rings. The fourth-order valence-corrected chi connectivity index (χ4v) is 3.24. The first-order valence-corrected chi connectivity index (χ1v) is 9.16. The lowest BCUT2D eigenvalue weighted by Crippen LogP contribution is -2.43. The van der Waals surface area contributed by atoms with Gasteiger partial charge in [0.15, 0.2) is 0 Å². The SMILES string of the molecule is CC(=O)Nc1ccc(NC(=O)[C@@H]2CCCN(C(=O)c3ccc(F)cc3)C2)cc1. The molecule has 1 fully saturated rings. The first-order valence-electron chi connectivity index (χ1n) is 9.16. The molecule has 1 saturated heterocycles. The summed E-state index contributed by atoms with van der Waals surface area (Å²) in [7, 11) is 0. The minimum Gasteiger partial charge on any atom is -0.338 e. The van der Waals surface area contributed by atoms with Crippen molar-refractivity contribution in [2.45, 2.75) is 19.8 Å². The molecule has 0 unspecified atom stereocenters. The standard InChI is InChI=1S/C21H22FN3O3/c1-14(26)23-18-8-10-19(11-9-18)24-20(27)16-3-2-12-25(13-16)21(28)15-4-6-17(22)7-5-15/h4-11,16H,2-3,12-13H2,1H3,(H,23,26)(H,24,27)/t16-/m1/s1. The molecule has 0 saturated carbocycles. The number of carbonyl (C=O) groups excluding carboxylic acids is 3. The van der Waals surface area contributed by atoms with Crippen LogP contribution in [0.5, 0.6) is 0 Å². The zero-order valence-corrected chi connectivity index (χ0v) is 15.6. The molecule has 6 nitrogen and oxygen atoms in total. The lowest BCUT2D eigenvalue weighted by atomic mass is 9.96. The van der Waals surface area contributed by atoms with Crippen molar-refractivity contribution >= 4 is 29.1 Å². The molecule has 1 heterocycles. The molecule has 1 atom stereocenters. The first kappa shape index (κ1) is 19.5. The van der Waals surface area contributed by atoms with E-state index in [-0.39, 0.29) is 23.6 Å². The second-order valence-electron chi connectivity index (χ2n) is 6.85. The monoisotopic (exact) mass is 383 g/mol. The molecule has 1 aliphatic heterocycles. The van der Waals surface area contributed by atoms with Gasteiger partial charge in [-0.2, -0.15) is 0 Å². The molecule has 1 aliphatic rings. The number of halogens is 1. The predicted molar refractivity (Wildman–Crippen MR) is 104 cm³/mol. The van der Waals surface area contributed by atoms with Gasteiger partial charge in [-0.25, -0.2) is 4.39 Å². The van der Waals surface area contributed by atoms with Gasteiger partial charge in [0.2, 0.25) is 11.8 Å². The summed E-state index contributed by atoms with van der Waals surface area (Å²) < 4.78 is 13.1. The van der Waals surface area contributed by atoms with Gasteiger partial charge in [0, 0.05) is 37.0 Å². The lowest BCUT2D eigenvalue weighted by Gasteiger charge is -2.32. The molecular weight excluding hydrogens is 361 g/mol. The van der Waals surface area contributed by atoms with Crippen LogP contribution < -0.4 is 10.6 Å². The van der Waals surface area contributed by atoms with Gasteiger partial charge in [-0.3, -0.25) is 14.4 Å². The molecule has 0 aromatic heterocycles. The molecule has 0 spiro atoms. The highest BCUT2D eigenvalue weighted by molar-refractivity contribution is 5.96. The Morgan fingerprint density at radius 3 is 2.18 bits per heavy atom. The summed E-state index contributed by atoms with van der Waals surface area (Å²) in [4.78, 5) is 37.9. The number of hydrogen-bond acceptors (Lipinski definition) is 3. The van der Waals surface area contributed by atoms with Crippen molar-refractivity contribution < 1.29 is 18.8 Å². The lowest BCUT2D eigenvalue weighted by molar-refractivity contribution is -0.121. The van der Waals surface area contributed by atoms with Crippen LogP contribution in [0.2, 0.25) is 0 Å². The van der Waals surface area contributed by atoms with Crippen molar-refractivity contribution in [1.82, 2.24) is 4.90 Å². The molecule has 3 amide bonds. The summed E-state index contributed by atoms with van der Waals surface area (Å²) in [5.41, 5.74) is 1.69. The zero-order valence-electron chi connectivity index (χ0n) is 15.6. The number of nitrogens with one attached hydrogen (secondary N) is 2. The Balaban J connectivity index is 1.60. The Labute approximate surface area is 162 Å². The van der Waals surface area contributed by atoms with Crippen molar-refractivity contribution in [3.63, 3.8) is 0 Å². The van der Waals surface area contributed by atoms with Crippen molar-refractivity contribution in [1.29, 1.82) is 0 Å². The molecule has 28 heavy (non-hydrogen) atoms. The smallest absolute Gasteiger partial charge is 0.253 e. The maximum Gasteiger partial charge on any atom is 0.253 e. The van der Waals surface area contributed by atoms with E-state index in [1.54, 1.807) is 29.2 Å². The van der Waals surface area contributed by atoms with E-state index in [1.165, 1.54) is 31.2 Å².